The van der Waals surface area contributed by atoms with Crippen molar-refractivity contribution in [1.82, 2.24) is 9.55 Å². The summed E-state index contributed by atoms with van der Waals surface area (Å²) in [5, 5.41) is 0.133. The second kappa shape index (κ2) is 4.77. The molecule has 0 aliphatic carbocycles. The van der Waals surface area contributed by atoms with Crippen LogP contribution in [0.4, 0.5) is 0 Å². The Labute approximate surface area is 74.8 Å². The zero-order valence-electron chi connectivity index (χ0n) is 7.22. The number of hydrogen-bond donors (Lipinski definition) is 1. The minimum absolute atomic E-state index is 0.133. The first-order valence-electron chi connectivity index (χ1n) is 3.57. The molecule has 0 aliphatic rings. The fourth-order valence-electron chi connectivity index (χ4n) is 0.527. The number of nitrogens with zero attached hydrogens (tertiary/aromatic N) is 1. The molecule has 0 atom stereocenters. The lowest BCUT2D eigenvalue weighted by atomic mass is 10.6. The van der Waals surface area contributed by atoms with Crippen LogP contribution in [-0.2, 0) is 7.05 Å². The molecule has 12 heavy (non-hydrogen) atoms. The molecule has 0 spiro atoms. The van der Waals surface area contributed by atoms with E-state index in [0.29, 0.717) is 0 Å². The minimum Gasteiger partial charge on any atom is -0.287 e. The van der Waals surface area contributed by atoms with Gasteiger partial charge >= 0.3 is 5.69 Å². The molecular weight excluding hydrogens is 180 g/mol. The van der Waals surface area contributed by atoms with Crippen LogP contribution >= 0.6 is 11.6 Å². The Hall–Kier alpha value is -1.03. The van der Waals surface area contributed by atoms with Gasteiger partial charge in [0.2, 0.25) is 0 Å². The molecule has 0 saturated heterocycles. The molecule has 0 aliphatic heterocycles. The van der Waals surface area contributed by atoms with Gasteiger partial charge in [-0.15, -0.1) is 0 Å². The molecule has 0 bridgehead atoms. The predicted molar refractivity (Wildman–Crippen MR) is 48.7 cm³/mol. The maximum Gasteiger partial charge on any atom is 0.329 e. The molecule has 0 saturated carbocycles. The molecule has 1 aromatic heterocycles. The van der Waals surface area contributed by atoms with Crippen molar-refractivity contribution in [2.45, 2.75) is 13.8 Å². The summed E-state index contributed by atoms with van der Waals surface area (Å²) in [6, 6.07) is 1.14. The highest BCUT2D eigenvalue weighted by Gasteiger charge is 1.95. The number of aromatic amines is 1. The molecule has 1 N–H and O–H groups in total. The van der Waals surface area contributed by atoms with Crippen LogP contribution in [0.3, 0.4) is 0 Å². The van der Waals surface area contributed by atoms with Crippen molar-refractivity contribution in [3.63, 3.8) is 0 Å². The van der Waals surface area contributed by atoms with Gasteiger partial charge in [0.25, 0.3) is 5.56 Å². The Morgan fingerprint density at radius 3 is 2.33 bits per heavy atom. The molecule has 0 amide bonds. The molecule has 1 rings (SSSR count). The topological polar surface area (TPSA) is 54.9 Å². The predicted octanol–water partition coefficient (Wildman–Crippen LogP) is 0.753. The lowest BCUT2D eigenvalue weighted by molar-refractivity contribution is 0.800. The summed E-state index contributed by atoms with van der Waals surface area (Å²) in [7, 11) is 1.47. The van der Waals surface area contributed by atoms with E-state index in [1.165, 1.54) is 7.05 Å². The van der Waals surface area contributed by atoms with Crippen molar-refractivity contribution >= 4 is 11.6 Å². The van der Waals surface area contributed by atoms with E-state index in [2.05, 4.69) is 0 Å². The Bertz CT molecular complexity index is 353. The second-order valence-corrected chi connectivity index (χ2v) is 2.21. The number of H-pyrrole nitrogens is 1. The Balaban J connectivity index is 0.000000561. The van der Waals surface area contributed by atoms with Crippen LogP contribution in [0.2, 0.25) is 5.15 Å². The molecule has 0 unspecified atom stereocenters. The fraction of sp³-hybridized carbons (Fsp3) is 0.429. The van der Waals surface area contributed by atoms with Crippen LogP contribution in [0.25, 0.3) is 0 Å². The Morgan fingerprint density at radius 1 is 1.42 bits per heavy atom. The van der Waals surface area contributed by atoms with Gasteiger partial charge in [-0.2, -0.15) is 0 Å². The van der Waals surface area contributed by atoms with Crippen LogP contribution in [0.5, 0.6) is 0 Å². The monoisotopic (exact) mass is 190 g/mol. The average molecular weight is 191 g/mol. The lowest BCUT2D eigenvalue weighted by Gasteiger charge is -1.95. The van der Waals surface area contributed by atoms with Crippen LogP contribution < -0.4 is 11.2 Å². The molecule has 0 radical (unpaired) electrons. The first kappa shape index (κ1) is 11.0. The van der Waals surface area contributed by atoms with Gasteiger partial charge in [0.05, 0.1) is 0 Å². The van der Waals surface area contributed by atoms with Crippen molar-refractivity contribution in [3.05, 3.63) is 32.1 Å². The van der Waals surface area contributed by atoms with Crippen LogP contribution in [-0.4, -0.2) is 9.55 Å². The molecule has 0 aromatic carbocycles. The largest absolute Gasteiger partial charge is 0.329 e. The summed E-state index contributed by atoms with van der Waals surface area (Å²) < 4.78 is 1.14. The average Bonchev–Trinajstić information content (AvgIpc) is 2.04. The molecule has 1 heterocycles. The third-order valence-electron chi connectivity index (χ3n) is 1.11. The smallest absolute Gasteiger partial charge is 0.287 e. The van der Waals surface area contributed by atoms with Crippen LogP contribution in [0.15, 0.2) is 15.7 Å². The van der Waals surface area contributed by atoms with Crippen molar-refractivity contribution < 1.29 is 0 Å². The maximum atomic E-state index is 10.7. The van der Waals surface area contributed by atoms with Crippen molar-refractivity contribution in [1.29, 1.82) is 0 Å². The van der Waals surface area contributed by atoms with Gasteiger partial charge in [-0.3, -0.25) is 14.3 Å². The highest BCUT2D eigenvalue weighted by Crippen LogP contribution is 1.96. The van der Waals surface area contributed by atoms with E-state index < -0.39 is 11.2 Å². The van der Waals surface area contributed by atoms with Crippen molar-refractivity contribution in [2.24, 2.45) is 7.05 Å². The highest BCUT2D eigenvalue weighted by molar-refractivity contribution is 6.29. The van der Waals surface area contributed by atoms with E-state index in [1.54, 1.807) is 0 Å². The molecule has 0 fully saturated rings. The molecular formula is C7H11ClN2O2. The standard InChI is InChI=1S/C5H5ClN2O2.C2H6/c1-8-3(6)2-4(9)7-5(8)10;1-2/h2H,1H3,(H,7,9,10);1-2H3. The normalized spacial score (nSPS) is 8.67. The summed E-state index contributed by atoms with van der Waals surface area (Å²) in [6.45, 7) is 4.00. The van der Waals surface area contributed by atoms with E-state index in [-0.39, 0.29) is 5.15 Å². The minimum atomic E-state index is -0.502. The summed E-state index contributed by atoms with van der Waals surface area (Å²) in [6.07, 6.45) is 0. The Morgan fingerprint density at radius 2 is 1.92 bits per heavy atom. The van der Waals surface area contributed by atoms with Gasteiger partial charge in [-0.25, -0.2) is 4.79 Å². The van der Waals surface area contributed by atoms with Gasteiger partial charge in [-0.05, 0) is 0 Å². The summed E-state index contributed by atoms with van der Waals surface area (Å²) >= 11 is 5.46. The van der Waals surface area contributed by atoms with Gasteiger partial charge < -0.3 is 0 Å². The fourth-order valence-corrected chi connectivity index (χ4v) is 0.703. The van der Waals surface area contributed by atoms with Gasteiger partial charge in [0, 0.05) is 13.1 Å². The van der Waals surface area contributed by atoms with E-state index in [9.17, 15) is 9.59 Å². The van der Waals surface area contributed by atoms with Crippen molar-refractivity contribution in [3.8, 4) is 0 Å². The third kappa shape index (κ3) is 2.54. The third-order valence-corrected chi connectivity index (χ3v) is 1.47. The van der Waals surface area contributed by atoms with Crippen LogP contribution in [0, 0.1) is 0 Å². The van der Waals surface area contributed by atoms with E-state index >= 15 is 0 Å². The number of rotatable bonds is 0. The molecule has 4 nitrogen and oxygen atoms in total. The SMILES string of the molecule is CC.Cn1c(Cl)cc(=O)[nH]c1=O. The summed E-state index contributed by atoms with van der Waals surface area (Å²) in [5.41, 5.74) is -0.981. The lowest BCUT2D eigenvalue weighted by Crippen LogP contribution is -2.27. The summed E-state index contributed by atoms with van der Waals surface area (Å²) in [5.74, 6) is 0. The van der Waals surface area contributed by atoms with Gasteiger partial charge in [0.1, 0.15) is 5.15 Å². The highest BCUT2D eigenvalue weighted by atomic mass is 35.5. The zero-order chi connectivity index (χ0) is 9.72. The Kier molecular flexibility index (Phi) is 4.36. The molecule has 1 aromatic rings. The van der Waals surface area contributed by atoms with E-state index in [4.69, 9.17) is 11.6 Å². The number of nitrogens with one attached hydrogen (secondary N) is 1. The number of aromatic nitrogens is 2. The zero-order valence-corrected chi connectivity index (χ0v) is 7.97. The molecule has 68 valence electrons. The van der Waals surface area contributed by atoms with Gasteiger partial charge in [0.15, 0.2) is 0 Å². The second-order valence-electron chi connectivity index (χ2n) is 1.82. The van der Waals surface area contributed by atoms with E-state index in [1.807, 2.05) is 18.8 Å². The first-order valence-corrected chi connectivity index (χ1v) is 3.95. The van der Waals surface area contributed by atoms with E-state index in [0.717, 1.165) is 10.6 Å². The summed E-state index contributed by atoms with van der Waals surface area (Å²) in [4.78, 5) is 23.2. The molecule has 5 heteroatoms. The van der Waals surface area contributed by atoms with Crippen LogP contribution in [0.1, 0.15) is 13.8 Å². The first-order chi connectivity index (χ1) is 5.61. The van der Waals surface area contributed by atoms with Crippen molar-refractivity contribution in [2.75, 3.05) is 0 Å². The maximum absolute atomic E-state index is 10.7. The number of halogens is 1. The quantitative estimate of drug-likeness (QED) is 0.614. The van der Waals surface area contributed by atoms with Gasteiger partial charge in [-0.1, -0.05) is 25.4 Å². The number of hydrogen-bond acceptors (Lipinski definition) is 2.